The third-order valence-electron chi connectivity index (χ3n) is 3.00. The highest BCUT2D eigenvalue weighted by atomic mass is 79.9. The molecule has 1 heterocycles. The van der Waals surface area contributed by atoms with Gasteiger partial charge in [-0.1, -0.05) is 28.9 Å². The molecular formula is C15H17BrO2S. The fourth-order valence-corrected chi connectivity index (χ4v) is 3.82. The number of hydrogen-bond donors (Lipinski definition) is 0. The highest BCUT2D eigenvalue weighted by Crippen LogP contribution is 2.44. The molecule has 0 saturated carbocycles. The lowest BCUT2D eigenvalue weighted by molar-refractivity contribution is 0.387. The third kappa shape index (κ3) is 2.95. The number of thiophene rings is 1. The van der Waals surface area contributed by atoms with Gasteiger partial charge in [-0.3, -0.25) is 0 Å². The number of methoxy groups -OCH3 is 2. The molecule has 1 atom stereocenters. The lowest BCUT2D eigenvalue weighted by Crippen LogP contribution is -1.99. The Bertz CT molecular complexity index is 529. The second-order valence-electron chi connectivity index (χ2n) is 4.10. The van der Waals surface area contributed by atoms with Crippen molar-refractivity contribution in [1.82, 2.24) is 0 Å². The minimum Gasteiger partial charge on any atom is -0.496 e. The Morgan fingerprint density at radius 3 is 2.21 bits per heavy atom. The van der Waals surface area contributed by atoms with E-state index >= 15 is 0 Å². The van der Waals surface area contributed by atoms with Crippen molar-refractivity contribution in [3.63, 3.8) is 0 Å². The summed E-state index contributed by atoms with van der Waals surface area (Å²) in [6.45, 7) is 2.17. The van der Waals surface area contributed by atoms with E-state index in [-0.39, 0.29) is 4.83 Å². The fraction of sp³-hybridized carbons (Fsp3) is 0.333. The lowest BCUT2D eigenvalue weighted by atomic mass is 10.1. The first-order chi connectivity index (χ1) is 9.21. The summed E-state index contributed by atoms with van der Waals surface area (Å²) in [6.07, 6.45) is 1.06. The number of halogens is 1. The molecule has 102 valence electrons. The standard InChI is InChI=1S/C15H17BrO2S/c1-4-10-8-9-13(19-10)15(16)14-11(17-2)6-5-7-12(14)18-3/h5-9,15H,4H2,1-3H3. The first-order valence-corrected chi connectivity index (χ1v) is 7.88. The molecule has 1 unspecified atom stereocenters. The molecule has 2 nitrogen and oxygen atoms in total. The van der Waals surface area contributed by atoms with Crippen LogP contribution in [-0.4, -0.2) is 14.2 Å². The van der Waals surface area contributed by atoms with E-state index in [2.05, 4.69) is 35.0 Å². The number of benzene rings is 1. The van der Waals surface area contributed by atoms with Gasteiger partial charge >= 0.3 is 0 Å². The summed E-state index contributed by atoms with van der Waals surface area (Å²) >= 11 is 5.59. The molecule has 0 aliphatic carbocycles. The van der Waals surface area contributed by atoms with E-state index in [1.54, 1.807) is 14.2 Å². The van der Waals surface area contributed by atoms with Gasteiger partial charge in [0.1, 0.15) is 11.5 Å². The Hall–Kier alpha value is -1.00. The van der Waals surface area contributed by atoms with E-state index in [4.69, 9.17) is 9.47 Å². The second kappa shape index (κ2) is 6.44. The summed E-state index contributed by atoms with van der Waals surface area (Å²) in [7, 11) is 3.37. The van der Waals surface area contributed by atoms with Crippen LogP contribution in [0.5, 0.6) is 11.5 Å². The molecule has 0 bridgehead atoms. The number of alkyl halides is 1. The Morgan fingerprint density at radius 2 is 1.74 bits per heavy atom. The van der Waals surface area contributed by atoms with Crippen molar-refractivity contribution in [2.45, 2.75) is 18.2 Å². The van der Waals surface area contributed by atoms with E-state index in [0.29, 0.717) is 0 Å². The van der Waals surface area contributed by atoms with Crippen LogP contribution < -0.4 is 9.47 Å². The molecule has 0 saturated heterocycles. The van der Waals surface area contributed by atoms with E-state index < -0.39 is 0 Å². The van der Waals surface area contributed by atoms with Crippen LogP contribution in [0.1, 0.15) is 27.1 Å². The maximum atomic E-state index is 5.46. The first kappa shape index (κ1) is 14.4. The smallest absolute Gasteiger partial charge is 0.127 e. The van der Waals surface area contributed by atoms with Gasteiger partial charge in [-0.05, 0) is 30.7 Å². The van der Waals surface area contributed by atoms with E-state index in [9.17, 15) is 0 Å². The quantitative estimate of drug-likeness (QED) is 0.727. The van der Waals surface area contributed by atoms with Gasteiger partial charge in [0.15, 0.2) is 0 Å². The molecule has 0 aliphatic heterocycles. The van der Waals surface area contributed by atoms with Gasteiger partial charge in [0.2, 0.25) is 0 Å². The van der Waals surface area contributed by atoms with E-state index in [1.807, 2.05) is 29.5 Å². The summed E-state index contributed by atoms with van der Waals surface area (Å²) < 4.78 is 10.9. The van der Waals surface area contributed by atoms with Gasteiger partial charge in [0.05, 0.1) is 24.6 Å². The molecule has 0 amide bonds. The Labute approximate surface area is 126 Å². The molecule has 2 rings (SSSR count). The molecule has 1 aromatic heterocycles. The summed E-state index contributed by atoms with van der Waals surface area (Å²) in [5.41, 5.74) is 1.04. The van der Waals surface area contributed by atoms with Crippen LogP contribution >= 0.6 is 27.3 Å². The average Bonchev–Trinajstić information content (AvgIpc) is 2.94. The van der Waals surface area contributed by atoms with Gasteiger partial charge < -0.3 is 9.47 Å². The van der Waals surface area contributed by atoms with Crippen molar-refractivity contribution in [1.29, 1.82) is 0 Å². The third-order valence-corrected chi connectivity index (χ3v) is 5.55. The van der Waals surface area contributed by atoms with E-state index in [1.165, 1.54) is 9.75 Å². The maximum absolute atomic E-state index is 5.46. The Balaban J connectivity index is 2.44. The molecule has 0 N–H and O–H groups in total. The number of ether oxygens (including phenoxy) is 2. The Morgan fingerprint density at radius 1 is 1.11 bits per heavy atom. The minimum absolute atomic E-state index is 0.0869. The van der Waals surface area contributed by atoms with Crippen molar-refractivity contribution in [3.8, 4) is 11.5 Å². The highest BCUT2D eigenvalue weighted by molar-refractivity contribution is 9.09. The predicted molar refractivity (Wildman–Crippen MR) is 84.0 cm³/mol. The number of rotatable bonds is 5. The zero-order valence-electron chi connectivity index (χ0n) is 11.3. The molecule has 0 spiro atoms. The van der Waals surface area contributed by atoms with Crippen molar-refractivity contribution in [2.75, 3.05) is 14.2 Å². The largest absolute Gasteiger partial charge is 0.496 e. The minimum atomic E-state index is 0.0869. The molecular weight excluding hydrogens is 324 g/mol. The second-order valence-corrected chi connectivity index (χ2v) is 6.21. The molecule has 0 aliphatic rings. The van der Waals surface area contributed by atoms with Gasteiger partial charge in [-0.15, -0.1) is 11.3 Å². The van der Waals surface area contributed by atoms with Gasteiger partial charge in [0.25, 0.3) is 0 Å². The monoisotopic (exact) mass is 340 g/mol. The summed E-state index contributed by atoms with van der Waals surface area (Å²) in [5.74, 6) is 1.68. The van der Waals surface area contributed by atoms with Crippen LogP contribution in [0.15, 0.2) is 30.3 Å². The van der Waals surface area contributed by atoms with Crippen LogP contribution in [0.2, 0.25) is 0 Å². The van der Waals surface area contributed by atoms with Crippen LogP contribution in [0, 0.1) is 0 Å². The topological polar surface area (TPSA) is 18.5 Å². The summed E-state index contributed by atoms with van der Waals surface area (Å²) in [5, 5.41) is 0. The lowest BCUT2D eigenvalue weighted by Gasteiger charge is -2.16. The van der Waals surface area contributed by atoms with Gasteiger partial charge in [-0.25, -0.2) is 0 Å². The predicted octanol–water partition coefficient (Wildman–Crippen LogP) is 4.81. The molecule has 4 heteroatoms. The number of aryl methyl sites for hydroxylation is 1. The van der Waals surface area contributed by atoms with Crippen LogP contribution in [0.3, 0.4) is 0 Å². The van der Waals surface area contributed by atoms with Crippen LogP contribution in [-0.2, 0) is 6.42 Å². The van der Waals surface area contributed by atoms with Crippen LogP contribution in [0.25, 0.3) is 0 Å². The van der Waals surface area contributed by atoms with Crippen molar-refractivity contribution >= 4 is 27.3 Å². The summed E-state index contributed by atoms with van der Waals surface area (Å²) in [6, 6.07) is 10.2. The molecule has 0 fully saturated rings. The normalized spacial score (nSPS) is 12.2. The fourth-order valence-electron chi connectivity index (χ4n) is 1.99. The van der Waals surface area contributed by atoms with E-state index in [0.717, 1.165) is 23.5 Å². The average molecular weight is 341 g/mol. The highest BCUT2D eigenvalue weighted by Gasteiger charge is 2.21. The molecule has 19 heavy (non-hydrogen) atoms. The van der Waals surface area contributed by atoms with Crippen molar-refractivity contribution in [3.05, 3.63) is 45.6 Å². The zero-order valence-corrected chi connectivity index (χ0v) is 13.7. The van der Waals surface area contributed by atoms with Crippen molar-refractivity contribution < 1.29 is 9.47 Å². The Kier molecular flexibility index (Phi) is 4.88. The maximum Gasteiger partial charge on any atom is 0.127 e. The first-order valence-electron chi connectivity index (χ1n) is 6.14. The molecule has 0 radical (unpaired) electrons. The molecule has 1 aromatic carbocycles. The number of hydrogen-bond acceptors (Lipinski definition) is 3. The summed E-state index contributed by atoms with van der Waals surface area (Å²) in [4.78, 5) is 2.73. The molecule has 2 aromatic rings. The van der Waals surface area contributed by atoms with Gasteiger partial charge in [0, 0.05) is 9.75 Å². The van der Waals surface area contributed by atoms with Crippen LogP contribution in [0.4, 0.5) is 0 Å². The van der Waals surface area contributed by atoms with Gasteiger partial charge in [-0.2, -0.15) is 0 Å². The SMILES string of the molecule is CCc1ccc(C(Br)c2c(OC)cccc2OC)s1. The van der Waals surface area contributed by atoms with Crippen molar-refractivity contribution in [2.24, 2.45) is 0 Å². The zero-order chi connectivity index (χ0) is 13.8.